The second-order valence-electron chi connectivity index (χ2n) is 9.23. The van der Waals surface area contributed by atoms with E-state index in [1.54, 1.807) is 24.7 Å². The summed E-state index contributed by atoms with van der Waals surface area (Å²) in [6.45, 7) is 3.93. The van der Waals surface area contributed by atoms with Crippen LogP contribution in [-0.4, -0.2) is 51.9 Å². The number of amides is 2. The van der Waals surface area contributed by atoms with Crippen molar-refractivity contribution in [3.8, 4) is 0 Å². The molecule has 2 N–H and O–H groups in total. The van der Waals surface area contributed by atoms with Crippen LogP contribution in [0.1, 0.15) is 61.7 Å². The summed E-state index contributed by atoms with van der Waals surface area (Å²) < 4.78 is 1.86. The van der Waals surface area contributed by atoms with Gasteiger partial charge in [-0.1, -0.05) is 25.3 Å². The number of benzene rings is 1. The van der Waals surface area contributed by atoms with Crippen LogP contribution in [0.5, 0.6) is 0 Å². The van der Waals surface area contributed by atoms with Crippen molar-refractivity contribution in [1.29, 1.82) is 0 Å². The van der Waals surface area contributed by atoms with Gasteiger partial charge in [0.15, 0.2) is 0 Å². The molecule has 2 amide bonds. The molecule has 1 saturated carbocycles. The fraction of sp³-hybridized carbons (Fsp3) is 0.560. The Hall–Kier alpha value is -2.67. The highest BCUT2D eigenvalue weighted by Gasteiger charge is 2.24. The number of carbonyl (C=O) groups excluding carboxylic acids is 2. The average Bonchev–Trinajstić information content (AvgIpc) is 3.34. The first-order valence-electron chi connectivity index (χ1n) is 12.0. The maximum absolute atomic E-state index is 12.8. The standard InChI is InChI=1S/C25H35N5O2/c31-24(11-15-30-16-12-26-19-30)27-23-8-4-7-21(17-23)25(32)28-22-9-13-29(14-10-22)18-20-5-2-1-3-6-20/h4,7-8,12,16-17,19-20,22H,1-3,5-6,9-11,13-15,18H2,(H,27,31)(H,28,32). The molecule has 0 radical (unpaired) electrons. The van der Waals surface area contributed by atoms with Gasteiger partial charge in [0.25, 0.3) is 5.91 Å². The summed E-state index contributed by atoms with van der Waals surface area (Å²) in [6, 6.07) is 7.40. The number of likely N-dealkylation sites (tertiary alicyclic amines) is 1. The van der Waals surface area contributed by atoms with Gasteiger partial charge in [0.2, 0.25) is 5.91 Å². The van der Waals surface area contributed by atoms with Crippen LogP contribution in [0.15, 0.2) is 43.0 Å². The largest absolute Gasteiger partial charge is 0.349 e. The summed E-state index contributed by atoms with van der Waals surface area (Å²) >= 11 is 0. The zero-order valence-corrected chi connectivity index (χ0v) is 18.8. The minimum atomic E-state index is -0.0819. The number of aryl methyl sites for hydroxylation is 1. The molecule has 1 aliphatic heterocycles. The van der Waals surface area contributed by atoms with Crippen LogP contribution in [0.25, 0.3) is 0 Å². The molecule has 0 bridgehead atoms. The highest BCUT2D eigenvalue weighted by atomic mass is 16.2. The second kappa shape index (κ2) is 11.3. The molecule has 2 heterocycles. The lowest BCUT2D eigenvalue weighted by atomic mass is 9.88. The lowest BCUT2D eigenvalue weighted by molar-refractivity contribution is -0.116. The summed E-state index contributed by atoms with van der Waals surface area (Å²) in [5.41, 5.74) is 1.23. The summed E-state index contributed by atoms with van der Waals surface area (Å²) in [5.74, 6) is 0.722. The molecule has 1 aromatic heterocycles. The zero-order chi connectivity index (χ0) is 22.2. The normalized spacial score (nSPS) is 18.4. The van der Waals surface area contributed by atoms with Crippen LogP contribution in [-0.2, 0) is 11.3 Å². The number of rotatable bonds is 8. The van der Waals surface area contributed by atoms with E-state index in [0.29, 0.717) is 24.2 Å². The first-order valence-corrected chi connectivity index (χ1v) is 12.0. The van der Waals surface area contributed by atoms with E-state index < -0.39 is 0 Å². The number of aromatic nitrogens is 2. The van der Waals surface area contributed by atoms with E-state index in [2.05, 4.69) is 20.5 Å². The Morgan fingerprint density at radius 2 is 1.88 bits per heavy atom. The number of nitrogens with one attached hydrogen (secondary N) is 2. The maximum Gasteiger partial charge on any atom is 0.251 e. The Morgan fingerprint density at radius 3 is 2.62 bits per heavy atom. The Bertz CT molecular complexity index is 868. The Balaban J connectivity index is 1.21. The number of nitrogens with zero attached hydrogens (tertiary/aromatic N) is 3. The SMILES string of the molecule is O=C(CCn1ccnc1)Nc1cccc(C(=O)NC2CCN(CC3CCCCC3)CC2)c1. The quantitative estimate of drug-likeness (QED) is 0.660. The smallest absolute Gasteiger partial charge is 0.251 e. The molecule has 7 heteroatoms. The van der Waals surface area contributed by atoms with Crippen LogP contribution < -0.4 is 10.6 Å². The van der Waals surface area contributed by atoms with Gasteiger partial charge in [-0.2, -0.15) is 0 Å². The molecule has 172 valence electrons. The number of imidazole rings is 1. The van der Waals surface area contributed by atoms with Crippen molar-refractivity contribution >= 4 is 17.5 Å². The molecule has 7 nitrogen and oxygen atoms in total. The highest BCUT2D eigenvalue weighted by Crippen LogP contribution is 2.25. The van der Waals surface area contributed by atoms with Gasteiger partial charge in [-0.3, -0.25) is 9.59 Å². The minimum absolute atomic E-state index is 0.0646. The van der Waals surface area contributed by atoms with Crippen LogP contribution in [0.4, 0.5) is 5.69 Å². The van der Waals surface area contributed by atoms with E-state index in [9.17, 15) is 9.59 Å². The molecule has 1 aliphatic carbocycles. The first-order chi connectivity index (χ1) is 15.7. The molecule has 0 atom stereocenters. The van der Waals surface area contributed by atoms with E-state index in [4.69, 9.17) is 0 Å². The number of piperidine rings is 1. The van der Waals surface area contributed by atoms with Gasteiger partial charge in [-0.05, 0) is 49.8 Å². The third-order valence-corrected chi connectivity index (χ3v) is 6.73. The molecule has 2 aliphatic rings. The van der Waals surface area contributed by atoms with Crippen molar-refractivity contribution in [1.82, 2.24) is 19.8 Å². The molecular formula is C25H35N5O2. The summed E-state index contributed by atoms with van der Waals surface area (Å²) in [7, 11) is 0. The van der Waals surface area contributed by atoms with E-state index in [1.165, 1.54) is 38.6 Å². The molecule has 2 aromatic rings. The third-order valence-electron chi connectivity index (χ3n) is 6.73. The molecule has 4 rings (SSSR count). The molecule has 0 unspecified atom stereocenters. The van der Waals surface area contributed by atoms with E-state index in [0.717, 1.165) is 31.8 Å². The predicted molar refractivity (Wildman–Crippen MR) is 125 cm³/mol. The van der Waals surface area contributed by atoms with E-state index >= 15 is 0 Å². The molecule has 0 spiro atoms. The Labute approximate surface area is 190 Å². The summed E-state index contributed by atoms with van der Waals surface area (Å²) in [5, 5.41) is 6.08. The van der Waals surface area contributed by atoms with Crippen molar-refractivity contribution < 1.29 is 9.59 Å². The lowest BCUT2D eigenvalue weighted by Gasteiger charge is -2.35. The molecule has 32 heavy (non-hydrogen) atoms. The Morgan fingerprint density at radius 1 is 1.06 bits per heavy atom. The van der Waals surface area contributed by atoms with Crippen LogP contribution in [0.3, 0.4) is 0 Å². The van der Waals surface area contributed by atoms with Gasteiger partial charge >= 0.3 is 0 Å². The topological polar surface area (TPSA) is 79.3 Å². The van der Waals surface area contributed by atoms with Gasteiger partial charge in [-0.15, -0.1) is 0 Å². The van der Waals surface area contributed by atoms with Crippen molar-refractivity contribution in [2.75, 3.05) is 25.0 Å². The third kappa shape index (κ3) is 6.66. The highest BCUT2D eigenvalue weighted by molar-refractivity contribution is 5.97. The second-order valence-corrected chi connectivity index (χ2v) is 9.23. The van der Waals surface area contributed by atoms with Gasteiger partial charge in [-0.25, -0.2) is 4.98 Å². The average molecular weight is 438 g/mol. The predicted octanol–water partition coefficient (Wildman–Crippen LogP) is 3.69. The fourth-order valence-electron chi connectivity index (χ4n) is 4.87. The van der Waals surface area contributed by atoms with Gasteiger partial charge in [0.1, 0.15) is 0 Å². The van der Waals surface area contributed by atoms with Crippen molar-refractivity contribution in [3.63, 3.8) is 0 Å². The molecule has 1 aromatic carbocycles. The summed E-state index contributed by atoms with van der Waals surface area (Å²) in [6.07, 6.45) is 14.5. The number of hydrogen-bond acceptors (Lipinski definition) is 4. The first kappa shape index (κ1) is 22.5. The van der Waals surface area contributed by atoms with Crippen molar-refractivity contribution in [2.24, 2.45) is 5.92 Å². The van der Waals surface area contributed by atoms with Crippen molar-refractivity contribution in [3.05, 3.63) is 48.5 Å². The van der Waals surface area contributed by atoms with Gasteiger partial charge in [0, 0.05) is 62.3 Å². The molecular weight excluding hydrogens is 402 g/mol. The lowest BCUT2D eigenvalue weighted by Crippen LogP contribution is -2.45. The van der Waals surface area contributed by atoms with Gasteiger partial charge in [0.05, 0.1) is 6.33 Å². The fourth-order valence-corrected chi connectivity index (χ4v) is 4.87. The molecule has 1 saturated heterocycles. The monoisotopic (exact) mass is 437 g/mol. The molecule has 2 fully saturated rings. The maximum atomic E-state index is 12.8. The van der Waals surface area contributed by atoms with Gasteiger partial charge < -0.3 is 20.1 Å². The van der Waals surface area contributed by atoms with Crippen LogP contribution in [0.2, 0.25) is 0 Å². The number of hydrogen-bond donors (Lipinski definition) is 2. The van der Waals surface area contributed by atoms with Crippen molar-refractivity contribution in [2.45, 2.75) is 64.0 Å². The van der Waals surface area contributed by atoms with Crippen LogP contribution in [0, 0.1) is 5.92 Å². The number of carbonyl (C=O) groups is 2. The van der Waals surface area contributed by atoms with E-state index in [1.807, 2.05) is 22.9 Å². The van der Waals surface area contributed by atoms with E-state index in [-0.39, 0.29) is 17.9 Å². The number of anilines is 1. The summed E-state index contributed by atoms with van der Waals surface area (Å²) in [4.78, 5) is 31.6. The Kier molecular flexibility index (Phi) is 7.93. The van der Waals surface area contributed by atoms with Crippen LogP contribution >= 0.6 is 0 Å². The minimum Gasteiger partial charge on any atom is -0.349 e. The zero-order valence-electron chi connectivity index (χ0n) is 18.8.